The van der Waals surface area contributed by atoms with Gasteiger partial charge in [-0.25, -0.2) is 9.18 Å². The zero-order valence-electron chi connectivity index (χ0n) is 16.9. The molecule has 4 rings (SSSR count). The molecule has 1 unspecified atom stereocenters. The van der Waals surface area contributed by atoms with Gasteiger partial charge in [0.15, 0.2) is 12.4 Å². The molecule has 0 aliphatic carbocycles. The third-order valence-corrected chi connectivity index (χ3v) is 5.19. The Labute approximate surface area is 183 Å². The minimum absolute atomic E-state index is 0.0376. The topological polar surface area (TPSA) is 80.8 Å². The van der Waals surface area contributed by atoms with Gasteiger partial charge < -0.3 is 4.74 Å². The van der Waals surface area contributed by atoms with E-state index in [1.807, 2.05) is 0 Å². The van der Waals surface area contributed by atoms with Crippen molar-refractivity contribution in [1.82, 2.24) is 4.90 Å². The number of carbonyl (C=O) groups is 4. The van der Waals surface area contributed by atoms with Gasteiger partial charge in [-0.1, -0.05) is 42.5 Å². The first-order valence-corrected chi connectivity index (χ1v) is 9.92. The SMILES string of the molecule is O=C(COC(=O)C(Cc1ccccc1)N1C(=O)c2ccccc2C1=O)c1ccc(F)cc1. The summed E-state index contributed by atoms with van der Waals surface area (Å²) in [5.74, 6) is -3.08. The van der Waals surface area contributed by atoms with Gasteiger partial charge in [0.2, 0.25) is 0 Å². The molecule has 7 heteroatoms. The van der Waals surface area contributed by atoms with Gasteiger partial charge in [-0.15, -0.1) is 0 Å². The molecule has 0 fully saturated rings. The molecule has 32 heavy (non-hydrogen) atoms. The molecule has 0 aromatic heterocycles. The number of imide groups is 1. The van der Waals surface area contributed by atoms with Crippen LogP contribution in [0.3, 0.4) is 0 Å². The van der Waals surface area contributed by atoms with E-state index in [2.05, 4.69) is 0 Å². The number of ketones is 1. The maximum atomic E-state index is 13.1. The fraction of sp³-hybridized carbons (Fsp3) is 0.120. The predicted octanol–water partition coefficient (Wildman–Crippen LogP) is 3.46. The molecule has 160 valence electrons. The third kappa shape index (κ3) is 4.18. The van der Waals surface area contributed by atoms with Crippen LogP contribution in [0.2, 0.25) is 0 Å². The average Bonchev–Trinajstić information content (AvgIpc) is 3.07. The molecular weight excluding hydrogens is 413 g/mol. The van der Waals surface area contributed by atoms with E-state index in [1.165, 1.54) is 24.3 Å². The van der Waals surface area contributed by atoms with Crippen molar-refractivity contribution in [2.24, 2.45) is 0 Å². The van der Waals surface area contributed by atoms with Crippen LogP contribution < -0.4 is 0 Å². The van der Waals surface area contributed by atoms with Crippen LogP contribution >= 0.6 is 0 Å². The van der Waals surface area contributed by atoms with E-state index in [0.717, 1.165) is 22.6 Å². The van der Waals surface area contributed by atoms with Crippen LogP contribution in [-0.4, -0.2) is 41.1 Å². The first kappa shape index (κ1) is 21.1. The lowest BCUT2D eigenvalue weighted by molar-refractivity contribution is -0.147. The van der Waals surface area contributed by atoms with Crippen molar-refractivity contribution >= 4 is 23.6 Å². The zero-order valence-corrected chi connectivity index (χ0v) is 16.9. The molecule has 6 nitrogen and oxygen atoms in total. The highest BCUT2D eigenvalue weighted by Gasteiger charge is 2.43. The van der Waals surface area contributed by atoms with Gasteiger partial charge in [0.1, 0.15) is 11.9 Å². The third-order valence-electron chi connectivity index (χ3n) is 5.19. The lowest BCUT2D eigenvalue weighted by atomic mass is 10.0. The van der Waals surface area contributed by atoms with Gasteiger partial charge in [-0.2, -0.15) is 0 Å². The quantitative estimate of drug-likeness (QED) is 0.325. The summed E-state index contributed by atoms with van der Waals surface area (Å²) in [7, 11) is 0. The summed E-state index contributed by atoms with van der Waals surface area (Å²) in [5, 5.41) is 0. The first-order chi connectivity index (χ1) is 15.5. The standard InChI is InChI=1S/C25H18FNO5/c26-18-12-10-17(11-13-18)22(28)15-32-25(31)21(14-16-6-2-1-3-7-16)27-23(29)19-8-4-5-9-20(19)24(27)30/h1-13,21H,14-15H2. The van der Waals surface area contributed by atoms with Crippen LogP contribution in [0.1, 0.15) is 36.6 Å². The first-order valence-electron chi connectivity index (χ1n) is 9.92. The smallest absolute Gasteiger partial charge is 0.330 e. The Balaban J connectivity index is 1.56. The number of benzene rings is 3. The Hall–Kier alpha value is -4.13. The number of fused-ring (bicyclic) bond motifs is 1. The normalized spacial score (nSPS) is 13.6. The molecule has 0 radical (unpaired) electrons. The van der Waals surface area contributed by atoms with Gasteiger partial charge in [-0.05, 0) is 42.0 Å². The number of amides is 2. The molecule has 3 aromatic carbocycles. The lowest BCUT2D eigenvalue weighted by Gasteiger charge is -2.24. The molecule has 1 aliphatic rings. The minimum atomic E-state index is -1.24. The van der Waals surface area contributed by atoms with E-state index in [1.54, 1.807) is 42.5 Å². The Morgan fingerprint density at radius 2 is 1.38 bits per heavy atom. The van der Waals surface area contributed by atoms with E-state index in [9.17, 15) is 23.6 Å². The highest BCUT2D eigenvalue weighted by molar-refractivity contribution is 6.22. The van der Waals surface area contributed by atoms with Crippen LogP contribution in [0.4, 0.5) is 4.39 Å². The molecule has 0 spiro atoms. The van der Waals surface area contributed by atoms with Crippen molar-refractivity contribution < 1.29 is 28.3 Å². The van der Waals surface area contributed by atoms with E-state index in [4.69, 9.17) is 4.74 Å². The summed E-state index contributed by atoms with van der Waals surface area (Å²) >= 11 is 0. The summed E-state index contributed by atoms with van der Waals surface area (Å²) in [6, 6.07) is 18.8. The number of halogens is 1. The van der Waals surface area contributed by atoms with Gasteiger partial charge in [0.05, 0.1) is 11.1 Å². The number of Topliss-reactive ketones (excluding diaryl/α,β-unsaturated/α-hetero) is 1. The van der Waals surface area contributed by atoms with Crippen molar-refractivity contribution in [2.45, 2.75) is 12.5 Å². The second kappa shape index (κ2) is 8.93. The summed E-state index contributed by atoms with van der Waals surface area (Å²) in [4.78, 5) is 52.1. The molecule has 0 N–H and O–H groups in total. The Morgan fingerprint density at radius 3 is 1.97 bits per heavy atom. The Morgan fingerprint density at radius 1 is 0.812 bits per heavy atom. The highest BCUT2D eigenvalue weighted by atomic mass is 19.1. The van der Waals surface area contributed by atoms with Crippen molar-refractivity contribution in [2.75, 3.05) is 6.61 Å². The maximum absolute atomic E-state index is 13.1. The van der Waals surface area contributed by atoms with Gasteiger partial charge in [0, 0.05) is 12.0 Å². The second-order valence-electron chi connectivity index (χ2n) is 7.27. The van der Waals surface area contributed by atoms with Crippen LogP contribution in [0.15, 0.2) is 78.9 Å². The summed E-state index contributed by atoms with van der Waals surface area (Å²) in [6.45, 7) is -0.598. The molecule has 1 atom stereocenters. The van der Waals surface area contributed by atoms with E-state index in [0.29, 0.717) is 0 Å². The maximum Gasteiger partial charge on any atom is 0.330 e. The number of carbonyl (C=O) groups excluding carboxylic acids is 4. The van der Waals surface area contributed by atoms with Gasteiger partial charge in [0.25, 0.3) is 11.8 Å². The fourth-order valence-corrected chi connectivity index (χ4v) is 3.56. The molecule has 2 amide bonds. The number of hydrogen-bond donors (Lipinski definition) is 0. The van der Waals surface area contributed by atoms with Crippen molar-refractivity contribution in [3.63, 3.8) is 0 Å². The predicted molar refractivity (Wildman–Crippen MR) is 113 cm³/mol. The fourth-order valence-electron chi connectivity index (χ4n) is 3.56. The lowest BCUT2D eigenvalue weighted by Crippen LogP contribution is -2.47. The number of rotatable bonds is 7. The second-order valence-corrected chi connectivity index (χ2v) is 7.27. The van der Waals surface area contributed by atoms with E-state index < -0.39 is 42.0 Å². The van der Waals surface area contributed by atoms with Crippen molar-refractivity contribution in [1.29, 1.82) is 0 Å². The number of ether oxygens (including phenoxy) is 1. The monoisotopic (exact) mass is 431 g/mol. The summed E-state index contributed by atoms with van der Waals surface area (Å²) < 4.78 is 18.3. The Kier molecular flexibility index (Phi) is 5.89. The van der Waals surface area contributed by atoms with Crippen molar-refractivity contribution in [3.8, 4) is 0 Å². The van der Waals surface area contributed by atoms with Crippen LogP contribution in [0.25, 0.3) is 0 Å². The molecule has 3 aromatic rings. The molecule has 0 saturated carbocycles. The molecule has 0 saturated heterocycles. The largest absolute Gasteiger partial charge is 0.456 e. The molecule has 1 heterocycles. The van der Waals surface area contributed by atoms with E-state index >= 15 is 0 Å². The molecule has 1 aliphatic heterocycles. The minimum Gasteiger partial charge on any atom is -0.456 e. The summed E-state index contributed by atoms with van der Waals surface area (Å²) in [5.41, 5.74) is 1.33. The van der Waals surface area contributed by atoms with Crippen LogP contribution in [0.5, 0.6) is 0 Å². The number of hydrogen-bond acceptors (Lipinski definition) is 5. The van der Waals surface area contributed by atoms with Crippen molar-refractivity contribution in [3.05, 3.63) is 107 Å². The number of esters is 1. The van der Waals surface area contributed by atoms with Crippen LogP contribution in [-0.2, 0) is 16.0 Å². The highest BCUT2D eigenvalue weighted by Crippen LogP contribution is 2.26. The number of nitrogens with zero attached hydrogens (tertiary/aromatic N) is 1. The Bertz CT molecular complexity index is 1160. The molecule has 0 bridgehead atoms. The summed E-state index contributed by atoms with van der Waals surface area (Å²) in [6.07, 6.45) is 0.0376. The zero-order chi connectivity index (χ0) is 22.7. The van der Waals surface area contributed by atoms with Crippen LogP contribution in [0, 0.1) is 5.82 Å². The van der Waals surface area contributed by atoms with Gasteiger partial charge >= 0.3 is 5.97 Å². The van der Waals surface area contributed by atoms with Gasteiger partial charge in [-0.3, -0.25) is 19.3 Å². The van der Waals surface area contributed by atoms with E-state index in [-0.39, 0.29) is 23.1 Å². The average molecular weight is 431 g/mol. The molecular formula is C25H18FNO5.